The van der Waals surface area contributed by atoms with Crippen LogP contribution in [0.1, 0.15) is 6.42 Å². The van der Waals surface area contributed by atoms with Crippen molar-refractivity contribution in [3.8, 4) is 0 Å². The summed E-state index contributed by atoms with van der Waals surface area (Å²) in [6.45, 7) is 1.08. The number of nitrogens with one attached hydrogen (secondary N) is 1. The van der Waals surface area contributed by atoms with Gasteiger partial charge in [0, 0.05) is 6.54 Å². The molecular weight excluding hydrogens is 200 g/mol. The van der Waals surface area contributed by atoms with Crippen molar-refractivity contribution < 1.29 is 9.72 Å². The van der Waals surface area contributed by atoms with Gasteiger partial charge in [-0.1, -0.05) is 0 Å². The molecule has 15 heavy (non-hydrogen) atoms. The number of nitrogens with zero attached hydrogens (tertiary/aromatic N) is 3. The number of aromatic nitrogens is 2. The Morgan fingerprint density at radius 3 is 3.07 bits per heavy atom. The Morgan fingerprint density at radius 2 is 2.53 bits per heavy atom. The number of nitro groups is 1. The van der Waals surface area contributed by atoms with Gasteiger partial charge in [0.05, 0.1) is 29.8 Å². The molecular formula is C8H10N4O3. The van der Waals surface area contributed by atoms with E-state index in [9.17, 15) is 14.9 Å². The SMILES string of the molecule is O=C1NCCC1Cn1ccc([N+](=O)[O-])n1. The molecule has 2 rings (SSSR count). The molecule has 1 aromatic heterocycles. The lowest BCUT2D eigenvalue weighted by Gasteiger charge is -2.02. The summed E-state index contributed by atoms with van der Waals surface area (Å²) in [7, 11) is 0. The fourth-order valence-corrected chi connectivity index (χ4v) is 1.60. The summed E-state index contributed by atoms with van der Waals surface area (Å²) in [5.41, 5.74) is 0. The van der Waals surface area contributed by atoms with E-state index in [1.165, 1.54) is 16.9 Å². The summed E-state index contributed by atoms with van der Waals surface area (Å²) in [6, 6.07) is 1.33. The van der Waals surface area contributed by atoms with Gasteiger partial charge in [-0.25, -0.2) is 0 Å². The predicted octanol–water partition coefficient (Wildman–Crippen LogP) is -0.0726. The average Bonchev–Trinajstić information content (AvgIpc) is 2.77. The lowest BCUT2D eigenvalue weighted by atomic mass is 10.1. The quantitative estimate of drug-likeness (QED) is 0.558. The highest BCUT2D eigenvalue weighted by molar-refractivity contribution is 5.80. The van der Waals surface area contributed by atoms with E-state index >= 15 is 0 Å². The lowest BCUT2D eigenvalue weighted by Crippen LogP contribution is -2.22. The molecule has 1 aliphatic rings. The predicted molar refractivity (Wildman–Crippen MR) is 50.0 cm³/mol. The average molecular weight is 210 g/mol. The molecule has 1 fully saturated rings. The summed E-state index contributed by atoms with van der Waals surface area (Å²) in [4.78, 5) is 21.0. The Labute approximate surface area is 85.2 Å². The summed E-state index contributed by atoms with van der Waals surface area (Å²) in [5.74, 6) is -0.314. The molecule has 0 saturated carbocycles. The first-order chi connectivity index (χ1) is 7.16. The maximum Gasteiger partial charge on any atom is 0.389 e. The van der Waals surface area contributed by atoms with Crippen LogP contribution >= 0.6 is 0 Å². The fraction of sp³-hybridized carbons (Fsp3) is 0.500. The minimum Gasteiger partial charge on any atom is -0.358 e. The van der Waals surface area contributed by atoms with Gasteiger partial charge in [-0.05, 0) is 11.3 Å². The third-order valence-corrected chi connectivity index (χ3v) is 2.38. The molecule has 7 nitrogen and oxygen atoms in total. The van der Waals surface area contributed by atoms with Gasteiger partial charge in [0.1, 0.15) is 0 Å². The van der Waals surface area contributed by atoms with Crippen LogP contribution in [-0.4, -0.2) is 27.2 Å². The van der Waals surface area contributed by atoms with Crippen molar-refractivity contribution in [2.45, 2.75) is 13.0 Å². The van der Waals surface area contributed by atoms with Crippen LogP contribution in [-0.2, 0) is 11.3 Å². The van der Waals surface area contributed by atoms with Gasteiger partial charge in [0.25, 0.3) is 0 Å². The molecule has 1 unspecified atom stereocenters. The normalized spacial score (nSPS) is 20.3. The van der Waals surface area contributed by atoms with Crippen LogP contribution in [0.15, 0.2) is 12.3 Å². The summed E-state index contributed by atoms with van der Waals surface area (Å²) in [5, 5.41) is 16.8. The molecule has 1 aliphatic heterocycles. The molecule has 0 bridgehead atoms. The zero-order valence-corrected chi connectivity index (χ0v) is 7.92. The van der Waals surface area contributed by atoms with Crippen LogP contribution in [0.3, 0.4) is 0 Å². The van der Waals surface area contributed by atoms with E-state index in [1.54, 1.807) is 0 Å². The third-order valence-electron chi connectivity index (χ3n) is 2.38. The van der Waals surface area contributed by atoms with Crippen molar-refractivity contribution in [1.82, 2.24) is 15.1 Å². The summed E-state index contributed by atoms with van der Waals surface area (Å²) >= 11 is 0. The Morgan fingerprint density at radius 1 is 1.73 bits per heavy atom. The number of carbonyl (C=O) groups is 1. The van der Waals surface area contributed by atoms with Gasteiger partial charge in [0.15, 0.2) is 0 Å². The van der Waals surface area contributed by atoms with Crippen LogP contribution in [0.5, 0.6) is 0 Å². The Balaban J connectivity index is 2.04. The number of hydrogen-bond acceptors (Lipinski definition) is 4. The molecule has 80 valence electrons. The maximum atomic E-state index is 11.2. The monoisotopic (exact) mass is 210 g/mol. The molecule has 2 heterocycles. The molecule has 1 saturated heterocycles. The molecule has 1 atom stereocenters. The molecule has 1 N–H and O–H groups in total. The smallest absolute Gasteiger partial charge is 0.358 e. The molecule has 1 amide bonds. The van der Waals surface area contributed by atoms with E-state index in [4.69, 9.17) is 0 Å². The van der Waals surface area contributed by atoms with Crippen LogP contribution in [0.25, 0.3) is 0 Å². The zero-order valence-electron chi connectivity index (χ0n) is 7.92. The molecule has 0 aromatic carbocycles. The van der Waals surface area contributed by atoms with Crippen molar-refractivity contribution in [2.75, 3.05) is 6.54 Å². The minimum absolute atomic E-state index is 0.00634. The second-order valence-corrected chi connectivity index (χ2v) is 3.43. The zero-order chi connectivity index (χ0) is 10.8. The Hall–Kier alpha value is -1.92. The third kappa shape index (κ3) is 1.95. The first-order valence-electron chi connectivity index (χ1n) is 4.62. The van der Waals surface area contributed by atoms with Gasteiger partial charge >= 0.3 is 5.82 Å². The van der Waals surface area contributed by atoms with E-state index in [2.05, 4.69) is 10.4 Å². The highest BCUT2D eigenvalue weighted by Crippen LogP contribution is 2.13. The lowest BCUT2D eigenvalue weighted by molar-refractivity contribution is -0.389. The molecule has 0 radical (unpaired) electrons. The van der Waals surface area contributed by atoms with E-state index < -0.39 is 4.92 Å². The number of carbonyl (C=O) groups excluding carboxylic acids is 1. The van der Waals surface area contributed by atoms with Gasteiger partial charge in [-0.3, -0.25) is 4.79 Å². The Kier molecular flexibility index (Phi) is 2.36. The molecule has 0 aliphatic carbocycles. The maximum absolute atomic E-state index is 11.2. The fourth-order valence-electron chi connectivity index (χ4n) is 1.60. The van der Waals surface area contributed by atoms with E-state index in [0.29, 0.717) is 13.1 Å². The van der Waals surface area contributed by atoms with Crippen molar-refractivity contribution in [1.29, 1.82) is 0 Å². The van der Waals surface area contributed by atoms with E-state index in [1.807, 2.05) is 0 Å². The standard InChI is InChI=1S/C8H10N4O3/c13-8-6(1-3-9-8)5-11-4-2-7(10-11)12(14)15/h2,4,6H,1,3,5H2,(H,9,13). The number of rotatable bonds is 3. The second kappa shape index (κ2) is 3.68. The van der Waals surface area contributed by atoms with Crippen LogP contribution in [0.2, 0.25) is 0 Å². The molecule has 7 heteroatoms. The number of hydrogen-bond donors (Lipinski definition) is 1. The molecule has 1 aromatic rings. The Bertz CT molecular complexity index is 400. The highest BCUT2D eigenvalue weighted by atomic mass is 16.6. The summed E-state index contributed by atoms with van der Waals surface area (Å²) < 4.78 is 1.44. The largest absolute Gasteiger partial charge is 0.389 e. The van der Waals surface area contributed by atoms with Gasteiger partial charge in [-0.15, -0.1) is 0 Å². The van der Waals surface area contributed by atoms with E-state index in [-0.39, 0.29) is 17.6 Å². The van der Waals surface area contributed by atoms with E-state index in [0.717, 1.165) is 6.42 Å². The van der Waals surface area contributed by atoms with Gasteiger partial charge < -0.3 is 15.4 Å². The summed E-state index contributed by atoms with van der Waals surface area (Å²) in [6.07, 6.45) is 2.27. The van der Waals surface area contributed by atoms with Crippen molar-refractivity contribution >= 4 is 11.7 Å². The van der Waals surface area contributed by atoms with Gasteiger partial charge in [0.2, 0.25) is 5.91 Å². The van der Waals surface area contributed by atoms with Crippen LogP contribution in [0, 0.1) is 16.0 Å². The number of amides is 1. The van der Waals surface area contributed by atoms with Crippen molar-refractivity contribution in [2.24, 2.45) is 5.92 Å². The minimum atomic E-state index is -0.550. The molecule has 0 spiro atoms. The first kappa shape index (κ1) is 9.63. The van der Waals surface area contributed by atoms with Crippen LogP contribution in [0.4, 0.5) is 5.82 Å². The highest BCUT2D eigenvalue weighted by Gasteiger charge is 2.26. The van der Waals surface area contributed by atoms with Crippen LogP contribution < -0.4 is 5.32 Å². The first-order valence-corrected chi connectivity index (χ1v) is 4.62. The van der Waals surface area contributed by atoms with Crippen molar-refractivity contribution in [3.05, 3.63) is 22.4 Å². The van der Waals surface area contributed by atoms with Crippen molar-refractivity contribution in [3.63, 3.8) is 0 Å². The topological polar surface area (TPSA) is 90.1 Å². The van der Waals surface area contributed by atoms with Gasteiger partial charge in [-0.2, -0.15) is 4.68 Å². The second-order valence-electron chi connectivity index (χ2n) is 3.43.